The lowest BCUT2D eigenvalue weighted by Crippen LogP contribution is -1.90. The summed E-state index contributed by atoms with van der Waals surface area (Å²) in [5.41, 5.74) is 5.52. The normalized spacial score (nSPS) is 9.81. The number of aryl methyl sites for hydroxylation is 1. The zero-order valence-electron chi connectivity index (χ0n) is 9.49. The average molecular weight is 207 g/mol. The van der Waals surface area contributed by atoms with Gasteiger partial charge in [-0.25, -0.2) is 0 Å². The van der Waals surface area contributed by atoms with Crippen molar-refractivity contribution >= 4 is 0 Å². The first kappa shape index (κ1) is 10.4. The van der Waals surface area contributed by atoms with Gasteiger partial charge in [-0.15, -0.1) is 6.42 Å². The van der Waals surface area contributed by atoms with Crippen LogP contribution in [0.1, 0.15) is 16.8 Å². The molecule has 0 fully saturated rings. The molecular formula is C15H13N. The summed E-state index contributed by atoms with van der Waals surface area (Å²) in [5, 5.41) is 0. The number of hydrogen-bond acceptors (Lipinski definition) is 1. The van der Waals surface area contributed by atoms with Crippen LogP contribution in [-0.2, 0) is 0 Å². The molecule has 0 spiro atoms. The molecule has 0 saturated carbocycles. The van der Waals surface area contributed by atoms with Crippen molar-refractivity contribution in [2.75, 3.05) is 0 Å². The lowest BCUT2D eigenvalue weighted by Gasteiger charge is -2.08. The Bertz CT molecular complexity index is 562. The van der Waals surface area contributed by atoms with E-state index in [1.54, 1.807) is 0 Å². The molecule has 0 unspecified atom stereocenters. The highest BCUT2D eigenvalue weighted by molar-refractivity contribution is 5.68. The fraction of sp³-hybridized carbons (Fsp3) is 0.133. The minimum absolute atomic E-state index is 0.909. The molecule has 1 nitrogen and oxygen atoms in total. The number of nitrogens with zero attached hydrogens (tertiary/aromatic N) is 1. The molecule has 2 aromatic rings. The Morgan fingerprint density at radius 3 is 2.75 bits per heavy atom. The Morgan fingerprint density at radius 1 is 1.19 bits per heavy atom. The number of benzene rings is 1. The Balaban J connectivity index is 2.59. The molecule has 0 N–H and O–H groups in total. The van der Waals surface area contributed by atoms with Gasteiger partial charge >= 0.3 is 0 Å². The van der Waals surface area contributed by atoms with Gasteiger partial charge in [-0.3, -0.25) is 4.98 Å². The predicted octanol–water partition coefficient (Wildman–Crippen LogP) is 3.35. The first-order valence-corrected chi connectivity index (χ1v) is 5.21. The zero-order valence-corrected chi connectivity index (χ0v) is 9.49. The SMILES string of the molecule is C#Cc1cccc(-c2ccnc(C)c2C)c1. The van der Waals surface area contributed by atoms with Crippen molar-refractivity contribution in [1.29, 1.82) is 0 Å². The fourth-order valence-corrected chi connectivity index (χ4v) is 1.73. The van der Waals surface area contributed by atoms with Crippen LogP contribution in [0.5, 0.6) is 0 Å². The van der Waals surface area contributed by atoms with E-state index >= 15 is 0 Å². The molecule has 16 heavy (non-hydrogen) atoms. The van der Waals surface area contributed by atoms with Crippen LogP contribution in [0, 0.1) is 26.2 Å². The molecule has 0 amide bonds. The monoisotopic (exact) mass is 207 g/mol. The van der Waals surface area contributed by atoms with E-state index in [1.807, 2.05) is 37.4 Å². The minimum Gasteiger partial charge on any atom is -0.261 e. The van der Waals surface area contributed by atoms with Crippen LogP contribution in [0.2, 0.25) is 0 Å². The van der Waals surface area contributed by atoms with Gasteiger partial charge in [0.15, 0.2) is 0 Å². The Kier molecular flexibility index (Phi) is 2.74. The lowest BCUT2D eigenvalue weighted by atomic mass is 9.99. The molecule has 2 rings (SSSR count). The molecule has 1 aromatic carbocycles. The first-order chi connectivity index (χ1) is 7.72. The number of terminal acetylenes is 1. The fourth-order valence-electron chi connectivity index (χ4n) is 1.73. The highest BCUT2D eigenvalue weighted by Crippen LogP contribution is 2.24. The topological polar surface area (TPSA) is 12.9 Å². The standard InChI is InChI=1S/C15H13N/c1-4-13-6-5-7-14(10-13)15-8-9-16-12(3)11(15)2/h1,5-10H,2-3H3. The van der Waals surface area contributed by atoms with Crippen LogP contribution in [0.25, 0.3) is 11.1 Å². The molecule has 0 aliphatic rings. The van der Waals surface area contributed by atoms with Gasteiger partial charge in [-0.05, 0) is 48.7 Å². The van der Waals surface area contributed by atoms with Crippen molar-refractivity contribution in [2.45, 2.75) is 13.8 Å². The second-order valence-corrected chi connectivity index (χ2v) is 3.79. The maximum Gasteiger partial charge on any atom is 0.0407 e. The van der Waals surface area contributed by atoms with Gasteiger partial charge in [0, 0.05) is 17.5 Å². The third kappa shape index (κ3) is 1.83. The average Bonchev–Trinajstić information content (AvgIpc) is 2.33. The van der Waals surface area contributed by atoms with Crippen molar-refractivity contribution in [1.82, 2.24) is 4.98 Å². The van der Waals surface area contributed by atoms with Gasteiger partial charge in [-0.2, -0.15) is 0 Å². The molecule has 0 aliphatic heterocycles. The van der Waals surface area contributed by atoms with E-state index in [1.165, 1.54) is 11.1 Å². The van der Waals surface area contributed by atoms with E-state index in [9.17, 15) is 0 Å². The molecule has 0 saturated heterocycles. The Labute approximate surface area is 96.2 Å². The zero-order chi connectivity index (χ0) is 11.5. The summed E-state index contributed by atoms with van der Waals surface area (Å²) >= 11 is 0. The summed E-state index contributed by atoms with van der Waals surface area (Å²) in [6.07, 6.45) is 7.24. The van der Waals surface area contributed by atoms with Crippen LogP contribution in [-0.4, -0.2) is 4.98 Å². The van der Waals surface area contributed by atoms with Crippen LogP contribution < -0.4 is 0 Å². The van der Waals surface area contributed by atoms with E-state index in [2.05, 4.69) is 23.9 Å². The maximum absolute atomic E-state index is 5.40. The van der Waals surface area contributed by atoms with Gasteiger partial charge < -0.3 is 0 Å². The second kappa shape index (κ2) is 4.20. The van der Waals surface area contributed by atoms with Crippen molar-refractivity contribution in [3.63, 3.8) is 0 Å². The lowest BCUT2D eigenvalue weighted by molar-refractivity contribution is 1.15. The maximum atomic E-state index is 5.40. The van der Waals surface area contributed by atoms with E-state index in [0.717, 1.165) is 16.8 Å². The van der Waals surface area contributed by atoms with Crippen molar-refractivity contribution in [3.05, 3.63) is 53.3 Å². The van der Waals surface area contributed by atoms with Gasteiger partial charge in [-0.1, -0.05) is 18.1 Å². The highest BCUT2D eigenvalue weighted by atomic mass is 14.7. The van der Waals surface area contributed by atoms with Crippen LogP contribution in [0.15, 0.2) is 36.5 Å². The first-order valence-electron chi connectivity index (χ1n) is 5.21. The van der Waals surface area contributed by atoms with Gasteiger partial charge in [0.25, 0.3) is 0 Å². The van der Waals surface area contributed by atoms with Crippen LogP contribution >= 0.6 is 0 Å². The number of aromatic nitrogens is 1. The summed E-state index contributed by atoms with van der Waals surface area (Å²) in [7, 11) is 0. The van der Waals surface area contributed by atoms with Crippen LogP contribution in [0.3, 0.4) is 0 Å². The summed E-state index contributed by atoms with van der Waals surface area (Å²) < 4.78 is 0. The number of rotatable bonds is 1. The van der Waals surface area contributed by atoms with E-state index < -0.39 is 0 Å². The van der Waals surface area contributed by atoms with Crippen molar-refractivity contribution in [2.24, 2.45) is 0 Å². The molecule has 0 aliphatic carbocycles. The largest absolute Gasteiger partial charge is 0.261 e. The van der Waals surface area contributed by atoms with Gasteiger partial charge in [0.1, 0.15) is 0 Å². The minimum atomic E-state index is 0.909. The predicted molar refractivity (Wildman–Crippen MR) is 67.1 cm³/mol. The number of hydrogen-bond donors (Lipinski definition) is 0. The second-order valence-electron chi connectivity index (χ2n) is 3.79. The van der Waals surface area contributed by atoms with E-state index in [0.29, 0.717) is 0 Å². The smallest absolute Gasteiger partial charge is 0.0407 e. The summed E-state index contributed by atoms with van der Waals surface area (Å²) in [6, 6.07) is 10.1. The number of pyridine rings is 1. The molecule has 1 heterocycles. The molecular weight excluding hydrogens is 194 g/mol. The summed E-state index contributed by atoms with van der Waals surface area (Å²) in [6.45, 7) is 4.10. The summed E-state index contributed by atoms with van der Waals surface area (Å²) in [5.74, 6) is 2.66. The highest BCUT2D eigenvalue weighted by Gasteiger charge is 2.04. The quantitative estimate of drug-likeness (QED) is 0.653. The van der Waals surface area contributed by atoms with E-state index in [-0.39, 0.29) is 0 Å². The molecule has 0 radical (unpaired) electrons. The summed E-state index contributed by atoms with van der Waals surface area (Å²) in [4.78, 5) is 4.27. The van der Waals surface area contributed by atoms with Crippen molar-refractivity contribution < 1.29 is 0 Å². The molecule has 1 aromatic heterocycles. The Morgan fingerprint density at radius 2 is 2.00 bits per heavy atom. The Hall–Kier alpha value is -2.07. The third-order valence-electron chi connectivity index (χ3n) is 2.80. The van der Waals surface area contributed by atoms with Gasteiger partial charge in [0.2, 0.25) is 0 Å². The molecule has 1 heteroatoms. The van der Waals surface area contributed by atoms with Gasteiger partial charge in [0.05, 0.1) is 0 Å². The van der Waals surface area contributed by atoms with Crippen LogP contribution in [0.4, 0.5) is 0 Å². The molecule has 78 valence electrons. The van der Waals surface area contributed by atoms with Crippen molar-refractivity contribution in [3.8, 4) is 23.5 Å². The molecule has 0 bridgehead atoms. The van der Waals surface area contributed by atoms with E-state index in [4.69, 9.17) is 6.42 Å². The molecule has 0 atom stereocenters. The third-order valence-corrected chi connectivity index (χ3v) is 2.80.